The third-order valence-electron chi connectivity index (χ3n) is 5.68. The number of aliphatic hydroxyl groups is 1. The van der Waals surface area contributed by atoms with Crippen molar-refractivity contribution in [1.82, 2.24) is 0 Å². The van der Waals surface area contributed by atoms with E-state index < -0.39 is 69.0 Å². The van der Waals surface area contributed by atoms with E-state index in [2.05, 4.69) is 0 Å². The highest BCUT2D eigenvalue weighted by molar-refractivity contribution is 7.46. The minimum atomic E-state index is -5.28. The van der Waals surface area contributed by atoms with E-state index in [1.807, 2.05) is 0 Å². The fourth-order valence-electron chi connectivity index (χ4n) is 3.19. The Labute approximate surface area is 213 Å². The van der Waals surface area contributed by atoms with Gasteiger partial charge < -0.3 is 39.6 Å². The average molecular weight is 545 g/mol. The predicted octanol–water partition coefficient (Wildman–Crippen LogP) is 1.46. The molecule has 1 fully saturated rings. The Kier molecular flexibility index (Phi) is 10.8. The Bertz CT molecular complexity index is 1050. The van der Waals surface area contributed by atoms with Crippen molar-refractivity contribution >= 4 is 31.4 Å². The minimum Gasteiger partial charge on any atom is -0.463 e. The number of carbonyl (C=O) groups excluding carboxylic acids is 3. The number of anilines is 1. The van der Waals surface area contributed by atoms with Crippen molar-refractivity contribution in [2.24, 2.45) is 5.92 Å². The first kappa shape index (κ1) is 30.4. The van der Waals surface area contributed by atoms with Crippen molar-refractivity contribution < 1.29 is 57.3 Å². The summed E-state index contributed by atoms with van der Waals surface area (Å²) in [6.07, 6.45) is -7.09. The number of esters is 3. The molecule has 37 heavy (non-hydrogen) atoms. The highest BCUT2D eigenvalue weighted by atomic mass is 31.2. The van der Waals surface area contributed by atoms with Crippen LogP contribution in [0.4, 0.5) is 5.69 Å². The van der Waals surface area contributed by atoms with Crippen LogP contribution in [0.25, 0.3) is 0 Å². The predicted molar refractivity (Wildman–Crippen MR) is 128 cm³/mol. The van der Waals surface area contributed by atoms with Gasteiger partial charge in [0.1, 0.15) is 24.9 Å². The lowest BCUT2D eigenvalue weighted by atomic mass is 9.98. The van der Waals surface area contributed by atoms with E-state index in [1.54, 1.807) is 26.8 Å². The second-order valence-electron chi connectivity index (χ2n) is 8.37. The Morgan fingerprint density at radius 3 is 2.41 bits per heavy atom. The van der Waals surface area contributed by atoms with Crippen molar-refractivity contribution in [3.8, 4) is 0 Å². The zero-order chi connectivity index (χ0) is 27.9. The molecule has 1 aromatic rings. The van der Waals surface area contributed by atoms with Gasteiger partial charge in [0, 0.05) is 11.3 Å². The van der Waals surface area contributed by atoms with E-state index in [0.717, 1.165) is 0 Å². The van der Waals surface area contributed by atoms with Crippen molar-refractivity contribution in [3.63, 3.8) is 0 Å². The van der Waals surface area contributed by atoms with Crippen LogP contribution in [0.3, 0.4) is 0 Å². The number of hydrogen-bond acceptors (Lipinski definition) is 11. The van der Waals surface area contributed by atoms with E-state index in [4.69, 9.17) is 29.2 Å². The maximum Gasteiger partial charge on any atom is 0.470 e. The molecule has 2 rings (SSSR count). The Morgan fingerprint density at radius 1 is 1.19 bits per heavy atom. The number of nitrogen functional groups attached to an aromatic ring is 1. The molecule has 14 heteroatoms. The summed E-state index contributed by atoms with van der Waals surface area (Å²) in [4.78, 5) is 56.4. The van der Waals surface area contributed by atoms with E-state index in [0.29, 0.717) is 6.42 Å². The van der Waals surface area contributed by atoms with Gasteiger partial charge in [-0.2, -0.15) is 0 Å². The molecular formula is C23H32NO12P. The van der Waals surface area contributed by atoms with Crippen LogP contribution in [0.15, 0.2) is 35.9 Å². The number of allylic oxidation sites excluding steroid dienone is 1. The van der Waals surface area contributed by atoms with Crippen LogP contribution >= 0.6 is 7.82 Å². The number of para-hydroxylation sites is 1. The first-order chi connectivity index (χ1) is 17.3. The summed E-state index contributed by atoms with van der Waals surface area (Å²) in [7, 11) is -5.28. The highest BCUT2D eigenvalue weighted by Gasteiger charge is 2.52. The van der Waals surface area contributed by atoms with Gasteiger partial charge in [0.05, 0.1) is 11.5 Å². The van der Waals surface area contributed by atoms with Gasteiger partial charge >= 0.3 is 25.7 Å². The number of phosphoric ester groups is 1. The van der Waals surface area contributed by atoms with Gasteiger partial charge in [0.25, 0.3) is 0 Å². The number of phosphoric acid groups is 1. The van der Waals surface area contributed by atoms with Gasteiger partial charge in [-0.3, -0.25) is 9.32 Å². The second kappa shape index (κ2) is 13.1. The van der Waals surface area contributed by atoms with Crippen LogP contribution in [0.2, 0.25) is 0 Å². The Balaban J connectivity index is 2.44. The normalized spacial score (nSPS) is 25.2. The zero-order valence-electron chi connectivity index (χ0n) is 20.8. The quantitative estimate of drug-likeness (QED) is 0.108. The lowest BCUT2D eigenvalue weighted by Crippen LogP contribution is -2.61. The number of benzene rings is 1. The SMILES string of the molecule is C/C=C(\C)C(=O)O[C@H]1[C@H](OC(=O)c2ccccc2N)O[C@H](COC(=O)C(C)CC)[C@@H](O)[C@@H]1OP(=O)(O)O. The molecule has 206 valence electrons. The number of hydrogen-bond donors (Lipinski definition) is 4. The molecule has 0 spiro atoms. The van der Waals surface area contributed by atoms with Crippen molar-refractivity contribution in [2.45, 2.75) is 64.8 Å². The van der Waals surface area contributed by atoms with Gasteiger partial charge in [0.2, 0.25) is 6.29 Å². The van der Waals surface area contributed by atoms with Gasteiger partial charge in [-0.1, -0.05) is 32.1 Å². The van der Waals surface area contributed by atoms with Crippen LogP contribution in [0.5, 0.6) is 0 Å². The molecule has 1 unspecified atom stereocenters. The lowest BCUT2D eigenvalue weighted by Gasteiger charge is -2.42. The molecule has 1 aliphatic rings. The number of ether oxygens (including phenoxy) is 4. The van der Waals surface area contributed by atoms with Crippen LogP contribution < -0.4 is 5.73 Å². The number of nitrogens with two attached hydrogens (primary N) is 1. The van der Waals surface area contributed by atoms with E-state index in [9.17, 15) is 33.8 Å². The number of rotatable bonds is 10. The highest BCUT2D eigenvalue weighted by Crippen LogP contribution is 2.42. The fourth-order valence-corrected chi connectivity index (χ4v) is 3.75. The summed E-state index contributed by atoms with van der Waals surface area (Å²) in [6.45, 7) is 5.75. The smallest absolute Gasteiger partial charge is 0.463 e. The third-order valence-corrected chi connectivity index (χ3v) is 6.20. The third kappa shape index (κ3) is 8.35. The van der Waals surface area contributed by atoms with Gasteiger partial charge in [-0.05, 0) is 32.4 Å². The maximum atomic E-state index is 12.9. The van der Waals surface area contributed by atoms with Gasteiger partial charge in [-0.25, -0.2) is 14.2 Å². The molecule has 0 aliphatic carbocycles. The van der Waals surface area contributed by atoms with Crippen molar-refractivity contribution in [3.05, 3.63) is 41.5 Å². The second-order valence-corrected chi connectivity index (χ2v) is 9.56. The van der Waals surface area contributed by atoms with Crippen LogP contribution in [-0.2, 0) is 37.6 Å². The molecule has 1 aliphatic heterocycles. The lowest BCUT2D eigenvalue weighted by molar-refractivity contribution is -0.286. The zero-order valence-corrected chi connectivity index (χ0v) is 21.7. The molecule has 0 radical (unpaired) electrons. The summed E-state index contributed by atoms with van der Waals surface area (Å²) in [5.41, 5.74) is 5.91. The molecule has 6 atom stereocenters. The minimum absolute atomic E-state index is 0.0590. The van der Waals surface area contributed by atoms with E-state index in [1.165, 1.54) is 31.2 Å². The molecule has 1 saturated heterocycles. The first-order valence-electron chi connectivity index (χ1n) is 11.4. The summed E-state index contributed by atoms with van der Waals surface area (Å²) >= 11 is 0. The van der Waals surface area contributed by atoms with E-state index >= 15 is 0 Å². The average Bonchev–Trinajstić information content (AvgIpc) is 2.84. The molecule has 0 saturated carbocycles. The molecule has 1 heterocycles. The molecule has 0 amide bonds. The molecule has 13 nitrogen and oxygen atoms in total. The standard InChI is InChI=1S/C23H32NO12P/c1-5-12(3)20(26)32-11-16-17(25)18(36-37(29,30)31)19(34-21(27)13(4)6-2)23(33-16)35-22(28)14-9-7-8-10-15(14)24/h6-10,12,16-19,23,25H,5,11,24H2,1-4H3,(H2,29,30,31)/b13-6+/t12?,16-,17-,18+,19-,23+/m1/s1. The molecule has 1 aromatic carbocycles. The van der Waals surface area contributed by atoms with Crippen molar-refractivity contribution in [1.29, 1.82) is 0 Å². The molecular weight excluding hydrogens is 513 g/mol. The fraction of sp³-hybridized carbons (Fsp3) is 0.522. The van der Waals surface area contributed by atoms with Gasteiger partial charge in [-0.15, -0.1) is 0 Å². The maximum absolute atomic E-state index is 12.9. The van der Waals surface area contributed by atoms with Crippen LogP contribution in [0.1, 0.15) is 44.5 Å². The Hall–Kier alpha value is -2.80. The van der Waals surface area contributed by atoms with Gasteiger partial charge in [0.15, 0.2) is 6.10 Å². The van der Waals surface area contributed by atoms with E-state index in [-0.39, 0.29) is 16.8 Å². The Morgan fingerprint density at radius 2 is 1.84 bits per heavy atom. The summed E-state index contributed by atoms with van der Waals surface area (Å²) in [5.74, 6) is -3.07. The molecule has 0 aromatic heterocycles. The molecule has 5 N–H and O–H groups in total. The van der Waals surface area contributed by atoms with Crippen LogP contribution in [0, 0.1) is 5.92 Å². The first-order valence-corrected chi connectivity index (χ1v) is 13.0. The summed E-state index contributed by atoms with van der Waals surface area (Å²) in [6, 6.07) is 5.89. The van der Waals surface area contributed by atoms with Crippen LogP contribution in [-0.4, -0.2) is 70.1 Å². The molecule has 0 bridgehead atoms. The topological polar surface area (TPSA) is 201 Å². The summed E-state index contributed by atoms with van der Waals surface area (Å²) in [5, 5.41) is 10.8. The number of aliphatic hydroxyl groups excluding tert-OH is 1. The largest absolute Gasteiger partial charge is 0.470 e. The number of carbonyl (C=O) groups is 3. The monoisotopic (exact) mass is 545 g/mol. The van der Waals surface area contributed by atoms with Crippen molar-refractivity contribution in [2.75, 3.05) is 12.3 Å². The summed E-state index contributed by atoms with van der Waals surface area (Å²) < 4.78 is 37.9.